The molecular weight excluding hydrogens is 442 g/mol. The van der Waals surface area contributed by atoms with Crippen LogP contribution in [0.25, 0.3) is 21.8 Å². The van der Waals surface area contributed by atoms with Gasteiger partial charge in [0.25, 0.3) is 5.91 Å². The van der Waals surface area contributed by atoms with Crippen LogP contribution in [0.3, 0.4) is 0 Å². The SMILES string of the molecule is CN(C)c1ccc(C(=O)N[C@@H](CCCCCC(=O)NO)c2nc3c(ccc4ccccc43)[nH]2)cc1. The van der Waals surface area contributed by atoms with Gasteiger partial charge in [0.1, 0.15) is 5.82 Å². The molecule has 0 aliphatic rings. The van der Waals surface area contributed by atoms with E-state index in [0.717, 1.165) is 40.3 Å². The number of hydrogen-bond acceptors (Lipinski definition) is 5. The number of aromatic nitrogens is 2. The Morgan fingerprint density at radius 2 is 1.77 bits per heavy atom. The Balaban J connectivity index is 1.55. The average Bonchev–Trinajstić information content (AvgIpc) is 3.32. The van der Waals surface area contributed by atoms with Crippen LogP contribution in [0.5, 0.6) is 0 Å². The number of nitrogens with zero attached hydrogens (tertiary/aromatic N) is 2. The molecule has 0 fully saturated rings. The molecule has 0 bridgehead atoms. The Labute approximate surface area is 204 Å². The molecule has 1 heterocycles. The highest BCUT2D eigenvalue weighted by atomic mass is 16.5. The number of hydroxylamine groups is 1. The summed E-state index contributed by atoms with van der Waals surface area (Å²) in [5, 5.41) is 14.0. The van der Waals surface area contributed by atoms with E-state index in [1.165, 1.54) is 0 Å². The predicted molar refractivity (Wildman–Crippen MR) is 138 cm³/mol. The van der Waals surface area contributed by atoms with Gasteiger partial charge < -0.3 is 15.2 Å². The predicted octanol–water partition coefficient (Wildman–Crippen LogP) is 4.71. The smallest absolute Gasteiger partial charge is 0.251 e. The third-order valence-corrected chi connectivity index (χ3v) is 6.20. The van der Waals surface area contributed by atoms with Crippen molar-refractivity contribution >= 4 is 39.3 Å². The fraction of sp³-hybridized carbons (Fsp3) is 0.296. The summed E-state index contributed by atoms with van der Waals surface area (Å²) < 4.78 is 0. The van der Waals surface area contributed by atoms with Crippen molar-refractivity contribution in [2.75, 3.05) is 19.0 Å². The standard InChI is InChI=1S/C27H31N5O3/c1-32(2)20-15-12-19(13-16-20)27(34)29-23(10-4-3-5-11-24(33)31-35)26-28-22-17-14-18-8-6-7-9-21(18)25(22)30-26/h6-9,12-17,23,35H,3-5,10-11H2,1-2H3,(H,28,30)(H,29,34)(H,31,33)/t23-/m0/s1. The molecule has 0 spiro atoms. The molecule has 35 heavy (non-hydrogen) atoms. The highest BCUT2D eigenvalue weighted by Crippen LogP contribution is 2.27. The molecule has 0 saturated carbocycles. The summed E-state index contributed by atoms with van der Waals surface area (Å²) in [5.41, 5.74) is 5.07. The molecule has 1 atom stereocenters. The van der Waals surface area contributed by atoms with Gasteiger partial charge in [-0.2, -0.15) is 0 Å². The van der Waals surface area contributed by atoms with E-state index in [1.54, 1.807) is 5.48 Å². The van der Waals surface area contributed by atoms with E-state index in [0.29, 0.717) is 24.2 Å². The van der Waals surface area contributed by atoms with Crippen molar-refractivity contribution in [3.63, 3.8) is 0 Å². The molecule has 8 heteroatoms. The van der Waals surface area contributed by atoms with Crippen LogP contribution in [0, 0.1) is 0 Å². The molecule has 0 unspecified atom stereocenters. The number of H-pyrrole nitrogens is 1. The number of aromatic amines is 1. The number of carbonyl (C=O) groups excluding carboxylic acids is 2. The van der Waals surface area contributed by atoms with E-state index in [-0.39, 0.29) is 24.3 Å². The van der Waals surface area contributed by atoms with Crippen molar-refractivity contribution in [2.24, 2.45) is 0 Å². The summed E-state index contributed by atoms with van der Waals surface area (Å²) in [6, 6.07) is 19.4. The van der Waals surface area contributed by atoms with Gasteiger partial charge in [-0.05, 0) is 48.6 Å². The molecule has 4 aromatic rings. The first-order valence-corrected chi connectivity index (χ1v) is 11.8. The zero-order chi connectivity index (χ0) is 24.8. The molecule has 0 saturated heterocycles. The lowest BCUT2D eigenvalue weighted by Gasteiger charge is -2.18. The van der Waals surface area contributed by atoms with Crippen LogP contribution in [0.1, 0.15) is 54.3 Å². The van der Waals surface area contributed by atoms with Crippen molar-refractivity contribution in [2.45, 2.75) is 38.1 Å². The molecule has 4 rings (SSSR count). The molecule has 2 amide bonds. The number of carbonyl (C=O) groups is 2. The van der Waals surface area contributed by atoms with Crippen molar-refractivity contribution in [1.82, 2.24) is 20.8 Å². The lowest BCUT2D eigenvalue weighted by atomic mass is 10.1. The summed E-state index contributed by atoms with van der Waals surface area (Å²) in [4.78, 5) is 34.7. The number of amides is 2. The zero-order valence-electron chi connectivity index (χ0n) is 20.0. The van der Waals surface area contributed by atoms with Gasteiger partial charge in [0.05, 0.1) is 17.1 Å². The summed E-state index contributed by atoms with van der Waals surface area (Å²) in [5.74, 6) is 0.160. The Morgan fingerprint density at radius 3 is 2.51 bits per heavy atom. The summed E-state index contributed by atoms with van der Waals surface area (Å²) in [6.07, 6.45) is 3.17. The highest BCUT2D eigenvalue weighted by molar-refractivity contribution is 6.04. The molecule has 8 nitrogen and oxygen atoms in total. The van der Waals surface area contributed by atoms with Crippen LogP contribution in [0.4, 0.5) is 5.69 Å². The van der Waals surface area contributed by atoms with Gasteiger partial charge in [0, 0.05) is 37.2 Å². The van der Waals surface area contributed by atoms with E-state index >= 15 is 0 Å². The molecule has 182 valence electrons. The number of benzene rings is 3. The number of rotatable bonds is 10. The number of imidazole rings is 1. The average molecular weight is 474 g/mol. The van der Waals surface area contributed by atoms with Gasteiger partial charge in [-0.25, -0.2) is 10.5 Å². The highest BCUT2D eigenvalue weighted by Gasteiger charge is 2.20. The van der Waals surface area contributed by atoms with Crippen LogP contribution in [0.15, 0.2) is 60.7 Å². The van der Waals surface area contributed by atoms with Crippen molar-refractivity contribution in [1.29, 1.82) is 0 Å². The molecule has 0 radical (unpaired) electrons. The van der Waals surface area contributed by atoms with Crippen LogP contribution >= 0.6 is 0 Å². The third kappa shape index (κ3) is 5.78. The number of anilines is 1. The first kappa shape index (κ1) is 24.2. The first-order valence-electron chi connectivity index (χ1n) is 11.8. The van der Waals surface area contributed by atoms with Gasteiger partial charge in [-0.1, -0.05) is 43.2 Å². The quantitative estimate of drug-likeness (QED) is 0.151. The maximum atomic E-state index is 13.1. The van der Waals surface area contributed by atoms with Gasteiger partial charge in [0.2, 0.25) is 5.91 Å². The van der Waals surface area contributed by atoms with Crippen LogP contribution < -0.4 is 15.7 Å². The monoisotopic (exact) mass is 473 g/mol. The number of hydrogen-bond donors (Lipinski definition) is 4. The summed E-state index contributed by atoms with van der Waals surface area (Å²) in [6.45, 7) is 0. The largest absolute Gasteiger partial charge is 0.378 e. The molecule has 0 aliphatic carbocycles. The lowest BCUT2D eigenvalue weighted by molar-refractivity contribution is -0.129. The summed E-state index contributed by atoms with van der Waals surface area (Å²) in [7, 11) is 3.92. The Bertz CT molecular complexity index is 1310. The maximum Gasteiger partial charge on any atom is 0.251 e. The minimum absolute atomic E-state index is 0.162. The van der Waals surface area contributed by atoms with Crippen LogP contribution in [-0.4, -0.2) is 41.1 Å². The number of nitrogens with one attached hydrogen (secondary N) is 3. The van der Waals surface area contributed by atoms with Crippen molar-refractivity contribution < 1.29 is 14.8 Å². The van der Waals surface area contributed by atoms with Crippen molar-refractivity contribution in [3.8, 4) is 0 Å². The van der Waals surface area contributed by atoms with E-state index in [9.17, 15) is 9.59 Å². The molecule has 1 aromatic heterocycles. The Morgan fingerprint density at radius 1 is 1.00 bits per heavy atom. The topological polar surface area (TPSA) is 110 Å². The fourth-order valence-corrected chi connectivity index (χ4v) is 4.22. The van der Waals surface area contributed by atoms with Gasteiger partial charge in [-0.3, -0.25) is 14.8 Å². The van der Waals surface area contributed by atoms with E-state index in [1.807, 2.05) is 67.5 Å². The lowest BCUT2D eigenvalue weighted by Crippen LogP contribution is -2.29. The van der Waals surface area contributed by atoms with Gasteiger partial charge in [-0.15, -0.1) is 0 Å². The van der Waals surface area contributed by atoms with Crippen LogP contribution in [0.2, 0.25) is 0 Å². The zero-order valence-corrected chi connectivity index (χ0v) is 20.0. The minimum atomic E-state index is -0.389. The molecule has 4 N–H and O–H groups in total. The minimum Gasteiger partial charge on any atom is -0.378 e. The third-order valence-electron chi connectivity index (χ3n) is 6.20. The number of unbranched alkanes of at least 4 members (excludes halogenated alkanes) is 2. The molecule has 0 aliphatic heterocycles. The van der Waals surface area contributed by atoms with E-state index in [2.05, 4.69) is 22.4 Å². The second-order valence-electron chi connectivity index (χ2n) is 8.91. The fourth-order valence-electron chi connectivity index (χ4n) is 4.22. The number of fused-ring (bicyclic) bond motifs is 3. The van der Waals surface area contributed by atoms with E-state index < -0.39 is 0 Å². The Kier molecular flexibility index (Phi) is 7.62. The second kappa shape index (κ2) is 11.0. The van der Waals surface area contributed by atoms with Crippen molar-refractivity contribution in [3.05, 3.63) is 72.1 Å². The van der Waals surface area contributed by atoms with Crippen LogP contribution in [-0.2, 0) is 4.79 Å². The first-order chi connectivity index (χ1) is 17.0. The Hall–Kier alpha value is -3.91. The summed E-state index contributed by atoms with van der Waals surface area (Å²) >= 11 is 0. The normalized spacial score (nSPS) is 12.0. The van der Waals surface area contributed by atoms with Gasteiger partial charge in [0.15, 0.2) is 0 Å². The maximum absolute atomic E-state index is 13.1. The van der Waals surface area contributed by atoms with E-state index in [4.69, 9.17) is 10.2 Å². The second-order valence-corrected chi connectivity index (χ2v) is 8.91. The molecular formula is C27H31N5O3. The molecule has 3 aromatic carbocycles. The van der Waals surface area contributed by atoms with Gasteiger partial charge >= 0.3 is 0 Å².